The van der Waals surface area contributed by atoms with Gasteiger partial charge in [0.15, 0.2) is 0 Å². The minimum Gasteiger partial charge on any atom is -0.381 e. The molecule has 0 aliphatic heterocycles. The molecule has 3 N–H and O–H groups in total. The summed E-state index contributed by atoms with van der Waals surface area (Å²) in [6.45, 7) is 7.19. The number of hydrogen-bond acceptors (Lipinski definition) is 3. The number of amides is 2. The van der Waals surface area contributed by atoms with E-state index in [1.54, 1.807) is 7.11 Å². The fraction of sp³-hybridized carbons (Fsp3) is 0.882. The van der Waals surface area contributed by atoms with E-state index >= 15 is 0 Å². The predicted octanol–water partition coefficient (Wildman–Crippen LogP) is 2.63. The van der Waals surface area contributed by atoms with Gasteiger partial charge in [0.2, 0.25) is 11.8 Å². The Morgan fingerprint density at radius 3 is 2.32 bits per heavy atom. The second-order valence-corrected chi connectivity index (χ2v) is 6.20. The van der Waals surface area contributed by atoms with Gasteiger partial charge in [0, 0.05) is 20.1 Å². The van der Waals surface area contributed by atoms with Crippen LogP contribution in [0.25, 0.3) is 0 Å². The average Bonchev–Trinajstić information content (AvgIpc) is 2.49. The van der Waals surface area contributed by atoms with E-state index in [-0.39, 0.29) is 17.9 Å². The van der Waals surface area contributed by atoms with E-state index in [0.717, 1.165) is 32.1 Å². The second kappa shape index (κ2) is 12.4. The van der Waals surface area contributed by atoms with Gasteiger partial charge in [-0.3, -0.25) is 9.59 Å². The first kappa shape index (κ1) is 20.9. The van der Waals surface area contributed by atoms with E-state index in [0.29, 0.717) is 31.2 Å². The lowest BCUT2D eigenvalue weighted by Crippen LogP contribution is -2.34. The van der Waals surface area contributed by atoms with Crippen LogP contribution in [0.1, 0.15) is 65.7 Å². The van der Waals surface area contributed by atoms with Crippen molar-refractivity contribution < 1.29 is 14.3 Å². The molecule has 0 spiro atoms. The molecule has 130 valence electrons. The van der Waals surface area contributed by atoms with Crippen LogP contribution in [0.5, 0.6) is 0 Å². The highest BCUT2D eigenvalue weighted by Crippen LogP contribution is 2.22. The molecule has 0 fully saturated rings. The smallest absolute Gasteiger partial charge is 0.222 e. The van der Waals surface area contributed by atoms with Gasteiger partial charge < -0.3 is 15.8 Å². The highest BCUT2D eigenvalue weighted by Gasteiger charge is 2.23. The molecule has 0 radical (unpaired) electrons. The van der Waals surface area contributed by atoms with E-state index in [9.17, 15) is 9.59 Å². The molecule has 22 heavy (non-hydrogen) atoms. The predicted molar refractivity (Wildman–Crippen MR) is 89.3 cm³/mol. The van der Waals surface area contributed by atoms with E-state index in [1.807, 2.05) is 0 Å². The molecular weight excluding hydrogens is 280 g/mol. The van der Waals surface area contributed by atoms with Gasteiger partial charge in [0.25, 0.3) is 0 Å². The van der Waals surface area contributed by atoms with Gasteiger partial charge >= 0.3 is 0 Å². The number of primary amides is 1. The maximum Gasteiger partial charge on any atom is 0.222 e. The topological polar surface area (TPSA) is 81.4 Å². The zero-order valence-corrected chi connectivity index (χ0v) is 14.7. The Bertz CT molecular complexity index is 321. The van der Waals surface area contributed by atoms with Crippen molar-refractivity contribution in [3.63, 3.8) is 0 Å². The molecular formula is C17H34N2O3. The van der Waals surface area contributed by atoms with Crippen molar-refractivity contribution in [1.82, 2.24) is 5.32 Å². The number of methoxy groups -OCH3 is 1. The highest BCUT2D eigenvalue weighted by molar-refractivity contribution is 5.76. The summed E-state index contributed by atoms with van der Waals surface area (Å²) < 4.78 is 5.48. The fourth-order valence-electron chi connectivity index (χ4n) is 2.48. The Morgan fingerprint density at radius 2 is 1.77 bits per heavy atom. The van der Waals surface area contributed by atoms with Crippen LogP contribution >= 0.6 is 0 Å². The SMILES string of the molecule is CC[C@H](C)C(C)C(CC(=O)NCCCCCCC(N)=O)OC. The number of hydrogen-bond donors (Lipinski definition) is 2. The number of carbonyl (C=O) groups is 2. The molecule has 0 saturated carbocycles. The molecule has 0 aromatic carbocycles. The molecule has 2 amide bonds. The summed E-state index contributed by atoms with van der Waals surface area (Å²) in [6, 6.07) is 0. The Hall–Kier alpha value is -1.10. The number of unbranched alkanes of at least 4 members (excludes halogenated alkanes) is 3. The highest BCUT2D eigenvalue weighted by atomic mass is 16.5. The molecule has 0 aliphatic rings. The zero-order chi connectivity index (χ0) is 17.0. The summed E-state index contributed by atoms with van der Waals surface area (Å²) >= 11 is 0. The minimum absolute atomic E-state index is 0.0227. The molecule has 0 aromatic heterocycles. The summed E-state index contributed by atoms with van der Waals surface area (Å²) in [4.78, 5) is 22.5. The molecule has 5 nitrogen and oxygen atoms in total. The molecule has 3 atom stereocenters. The van der Waals surface area contributed by atoms with E-state index in [4.69, 9.17) is 10.5 Å². The van der Waals surface area contributed by atoms with Crippen molar-refractivity contribution in [2.75, 3.05) is 13.7 Å². The van der Waals surface area contributed by atoms with Gasteiger partial charge in [-0.25, -0.2) is 0 Å². The van der Waals surface area contributed by atoms with Crippen LogP contribution < -0.4 is 11.1 Å². The Labute approximate surface area is 135 Å². The molecule has 0 rings (SSSR count). The number of carbonyl (C=O) groups excluding carboxylic acids is 2. The third kappa shape index (κ3) is 9.77. The Morgan fingerprint density at radius 1 is 1.14 bits per heavy atom. The second-order valence-electron chi connectivity index (χ2n) is 6.20. The Balaban J connectivity index is 3.81. The molecule has 0 bridgehead atoms. The van der Waals surface area contributed by atoms with Crippen LogP contribution in [0.3, 0.4) is 0 Å². The van der Waals surface area contributed by atoms with Crippen molar-refractivity contribution in [3.8, 4) is 0 Å². The molecule has 0 aliphatic carbocycles. The van der Waals surface area contributed by atoms with Crippen molar-refractivity contribution in [2.45, 2.75) is 71.8 Å². The minimum atomic E-state index is -0.241. The summed E-state index contributed by atoms with van der Waals surface area (Å²) in [6.07, 6.45) is 5.69. The average molecular weight is 314 g/mol. The maximum absolute atomic E-state index is 12.0. The number of rotatable bonds is 13. The molecule has 0 aromatic rings. The van der Waals surface area contributed by atoms with Gasteiger partial charge in [-0.2, -0.15) is 0 Å². The van der Waals surface area contributed by atoms with Crippen molar-refractivity contribution >= 4 is 11.8 Å². The van der Waals surface area contributed by atoms with Crippen LogP contribution in [-0.2, 0) is 14.3 Å². The zero-order valence-electron chi connectivity index (χ0n) is 14.7. The van der Waals surface area contributed by atoms with Gasteiger partial charge in [-0.05, 0) is 24.7 Å². The number of ether oxygens (including phenoxy) is 1. The first-order chi connectivity index (χ1) is 10.4. The van der Waals surface area contributed by atoms with Gasteiger partial charge in [-0.1, -0.05) is 40.0 Å². The lowest BCUT2D eigenvalue weighted by atomic mass is 9.87. The third-order valence-corrected chi connectivity index (χ3v) is 4.49. The molecule has 2 unspecified atom stereocenters. The van der Waals surface area contributed by atoms with Gasteiger partial charge in [0.05, 0.1) is 12.5 Å². The monoisotopic (exact) mass is 314 g/mol. The normalized spacial score (nSPS) is 15.1. The van der Waals surface area contributed by atoms with E-state index in [1.165, 1.54) is 0 Å². The first-order valence-electron chi connectivity index (χ1n) is 8.50. The van der Waals surface area contributed by atoms with Crippen LogP contribution in [0.15, 0.2) is 0 Å². The maximum atomic E-state index is 12.0. The van der Waals surface area contributed by atoms with Crippen LogP contribution in [0, 0.1) is 11.8 Å². The lowest BCUT2D eigenvalue weighted by molar-refractivity contribution is -0.124. The van der Waals surface area contributed by atoms with E-state index < -0.39 is 0 Å². The third-order valence-electron chi connectivity index (χ3n) is 4.49. The summed E-state index contributed by atoms with van der Waals surface area (Å²) in [7, 11) is 1.68. The number of nitrogens with one attached hydrogen (secondary N) is 1. The van der Waals surface area contributed by atoms with Crippen molar-refractivity contribution in [1.29, 1.82) is 0 Å². The quantitative estimate of drug-likeness (QED) is 0.513. The van der Waals surface area contributed by atoms with Gasteiger partial charge in [0.1, 0.15) is 0 Å². The number of nitrogens with two attached hydrogens (primary N) is 1. The van der Waals surface area contributed by atoms with Gasteiger partial charge in [-0.15, -0.1) is 0 Å². The lowest BCUT2D eigenvalue weighted by Gasteiger charge is -2.26. The Kier molecular flexibility index (Phi) is 11.8. The summed E-state index contributed by atoms with van der Waals surface area (Å²) in [5.41, 5.74) is 5.08. The van der Waals surface area contributed by atoms with Crippen LogP contribution in [0.2, 0.25) is 0 Å². The van der Waals surface area contributed by atoms with Crippen LogP contribution in [0.4, 0.5) is 0 Å². The van der Waals surface area contributed by atoms with Crippen LogP contribution in [-0.4, -0.2) is 31.6 Å². The van der Waals surface area contributed by atoms with Crippen molar-refractivity contribution in [2.24, 2.45) is 17.6 Å². The summed E-state index contributed by atoms with van der Waals surface area (Å²) in [5, 5.41) is 2.95. The summed E-state index contributed by atoms with van der Waals surface area (Å²) in [5.74, 6) is 0.728. The molecule has 0 heterocycles. The standard InChI is InChI=1S/C17H34N2O3/c1-5-13(2)14(3)15(22-4)12-17(21)19-11-9-7-6-8-10-16(18)20/h13-15H,5-12H2,1-4H3,(H2,18,20)(H,19,21)/t13-,14?,15?/m0/s1. The largest absolute Gasteiger partial charge is 0.381 e. The fourth-order valence-corrected chi connectivity index (χ4v) is 2.48. The van der Waals surface area contributed by atoms with Crippen molar-refractivity contribution in [3.05, 3.63) is 0 Å². The van der Waals surface area contributed by atoms with E-state index in [2.05, 4.69) is 26.1 Å². The molecule has 5 heteroatoms. The first-order valence-corrected chi connectivity index (χ1v) is 8.50. The molecule has 0 saturated heterocycles.